The van der Waals surface area contributed by atoms with Gasteiger partial charge in [0.2, 0.25) is 11.0 Å². The minimum absolute atomic E-state index is 0.314. The molecule has 0 saturated heterocycles. The highest BCUT2D eigenvalue weighted by Gasteiger charge is 2.18. The molecule has 150 valence electrons. The zero-order valence-corrected chi connectivity index (χ0v) is 17.6. The van der Waals surface area contributed by atoms with Gasteiger partial charge in [0.15, 0.2) is 15.8 Å². The molecule has 1 aromatic heterocycles. The molecule has 1 heterocycles. The van der Waals surface area contributed by atoms with Crippen LogP contribution in [-0.2, 0) is 14.3 Å². The first kappa shape index (κ1) is 21.7. The first-order chi connectivity index (χ1) is 13.5. The molecule has 0 aliphatic heterocycles. The fourth-order valence-corrected chi connectivity index (χ4v) is 3.94. The first-order valence-electron chi connectivity index (χ1n) is 8.34. The number of nitrogens with one attached hydrogen (secondary N) is 1. The van der Waals surface area contributed by atoms with Gasteiger partial charge in [-0.2, -0.15) is 0 Å². The summed E-state index contributed by atoms with van der Waals surface area (Å²) in [5, 5.41) is 10.5. The molecular formula is C18H21N3O5S2. The number of benzene rings is 1. The number of ether oxygens (including phenoxy) is 3. The van der Waals surface area contributed by atoms with Crippen LogP contribution >= 0.6 is 23.1 Å². The van der Waals surface area contributed by atoms with Crippen molar-refractivity contribution in [1.29, 1.82) is 0 Å². The van der Waals surface area contributed by atoms with Crippen molar-refractivity contribution < 1.29 is 23.8 Å². The van der Waals surface area contributed by atoms with Crippen LogP contribution in [-0.4, -0.2) is 48.2 Å². The molecular weight excluding hydrogens is 402 g/mol. The highest BCUT2D eigenvalue weighted by atomic mass is 32.2. The van der Waals surface area contributed by atoms with Crippen LogP contribution in [0.2, 0.25) is 0 Å². The number of rotatable bonds is 9. The van der Waals surface area contributed by atoms with E-state index in [1.807, 2.05) is 6.07 Å². The van der Waals surface area contributed by atoms with Gasteiger partial charge in [0.25, 0.3) is 0 Å². The third-order valence-corrected chi connectivity index (χ3v) is 5.37. The van der Waals surface area contributed by atoms with E-state index in [1.165, 1.54) is 29.2 Å². The van der Waals surface area contributed by atoms with Crippen LogP contribution in [0.1, 0.15) is 19.4 Å². The Balaban J connectivity index is 1.94. The Hall–Kier alpha value is -2.59. The van der Waals surface area contributed by atoms with E-state index >= 15 is 0 Å². The van der Waals surface area contributed by atoms with Crippen LogP contribution in [0.4, 0.5) is 5.13 Å². The number of methoxy groups -OCH3 is 2. The molecule has 1 atom stereocenters. The van der Waals surface area contributed by atoms with Crippen molar-refractivity contribution in [3.63, 3.8) is 0 Å². The zero-order valence-electron chi connectivity index (χ0n) is 15.9. The standard InChI is InChI=1S/C18H21N3O5S2/c1-5-26-16(23)11(2)27-18-21-20-17(28-18)19-15(22)9-7-12-6-8-13(24-3)14(10-12)25-4/h6-11H,5H2,1-4H3,(H,19,20,22)/b9-7+. The molecule has 0 fully saturated rings. The highest BCUT2D eigenvalue weighted by Crippen LogP contribution is 2.30. The maximum Gasteiger partial charge on any atom is 0.319 e. The third kappa shape index (κ3) is 6.24. The van der Waals surface area contributed by atoms with E-state index in [-0.39, 0.29) is 11.9 Å². The number of carbonyl (C=O) groups excluding carboxylic acids is 2. The van der Waals surface area contributed by atoms with Gasteiger partial charge in [0.05, 0.1) is 20.8 Å². The number of carbonyl (C=O) groups is 2. The van der Waals surface area contributed by atoms with Crippen molar-refractivity contribution in [2.75, 3.05) is 26.1 Å². The van der Waals surface area contributed by atoms with Gasteiger partial charge in [-0.25, -0.2) is 0 Å². The second-order valence-electron chi connectivity index (χ2n) is 5.32. The van der Waals surface area contributed by atoms with Gasteiger partial charge < -0.3 is 14.2 Å². The Morgan fingerprint density at radius 2 is 2.00 bits per heavy atom. The summed E-state index contributed by atoms with van der Waals surface area (Å²) in [6.45, 7) is 3.81. The molecule has 0 aliphatic rings. The molecule has 2 aromatic rings. The molecule has 10 heteroatoms. The number of anilines is 1. The summed E-state index contributed by atoms with van der Waals surface area (Å²) in [6, 6.07) is 5.33. The van der Waals surface area contributed by atoms with E-state index in [9.17, 15) is 9.59 Å². The quantitative estimate of drug-likeness (QED) is 0.284. The van der Waals surface area contributed by atoms with E-state index in [2.05, 4.69) is 15.5 Å². The van der Waals surface area contributed by atoms with Gasteiger partial charge in [-0.15, -0.1) is 10.2 Å². The number of aromatic nitrogens is 2. The minimum atomic E-state index is -0.401. The highest BCUT2D eigenvalue weighted by molar-refractivity contribution is 8.02. The van der Waals surface area contributed by atoms with Gasteiger partial charge in [-0.05, 0) is 37.6 Å². The molecule has 2 rings (SSSR count). The smallest absolute Gasteiger partial charge is 0.319 e. The lowest BCUT2D eigenvalue weighted by Crippen LogP contribution is -2.16. The maximum absolute atomic E-state index is 12.1. The van der Waals surface area contributed by atoms with Crippen LogP contribution in [0.25, 0.3) is 6.08 Å². The maximum atomic E-state index is 12.1. The SMILES string of the molecule is CCOC(=O)C(C)Sc1nnc(NC(=O)/C=C/c2ccc(OC)c(OC)c2)s1. The molecule has 0 bridgehead atoms. The van der Waals surface area contributed by atoms with E-state index in [0.29, 0.717) is 27.6 Å². The Kier molecular flexibility index (Phi) is 8.27. The minimum Gasteiger partial charge on any atom is -0.493 e. The van der Waals surface area contributed by atoms with E-state index in [1.54, 1.807) is 46.3 Å². The second kappa shape index (κ2) is 10.7. The number of thioether (sulfide) groups is 1. The number of amides is 1. The summed E-state index contributed by atoms with van der Waals surface area (Å²) in [6.07, 6.45) is 3.04. The lowest BCUT2D eigenvalue weighted by atomic mass is 10.2. The molecule has 1 aromatic carbocycles. The fraction of sp³-hybridized carbons (Fsp3) is 0.333. The number of hydrogen-bond acceptors (Lipinski definition) is 9. The molecule has 0 spiro atoms. The topological polar surface area (TPSA) is 99.6 Å². The van der Waals surface area contributed by atoms with Crippen LogP contribution < -0.4 is 14.8 Å². The van der Waals surface area contributed by atoms with Crippen molar-refractivity contribution in [3.05, 3.63) is 29.8 Å². The lowest BCUT2D eigenvalue weighted by Gasteiger charge is -2.07. The van der Waals surface area contributed by atoms with Crippen molar-refractivity contribution in [2.24, 2.45) is 0 Å². The number of esters is 1. The normalized spacial score (nSPS) is 11.9. The van der Waals surface area contributed by atoms with E-state index in [0.717, 1.165) is 5.56 Å². The summed E-state index contributed by atoms with van der Waals surface area (Å²) >= 11 is 2.42. The largest absolute Gasteiger partial charge is 0.493 e. The molecule has 1 amide bonds. The first-order valence-corrected chi connectivity index (χ1v) is 10.0. The van der Waals surface area contributed by atoms with Crippen LogP contribution in [0, 0.1) is 0 Å². The summed E-state index contributed by atoms with van der Waals surface area (Å²) in [5.41, 5.74) is 0.782. The Bertz CT molecular complexity index is 853. The van der Waals surface area contributed by atoms with Crippen molar-refractivity contribution in [3.8, 4) is 11.5 Å². The monoisotopic (exact) mass is 423 g/mol. The summed E-state index contributed by atoms with van der Waals surface area (Å²) < 4.78 is 15.9. The number of hydrogen-bond donors (Lipinski definition) is 1. The van der Waals surface area contributed by atoms with Crippen molar-refractivity contribution in [1.82, 2.24) is 10.2 Å². The average Bonchev–Trinajstić information content (AvgIpc) is 3.12. The molecule has 1 N–H and O–H groups in total. The van der Waals surface area contributed by atoms with Crippen LogP contribution in [0.5, 0.6) is 11.5 Å². The predicted octanol–water partition coefficient (Wildman–Crippen LogP) is 3.25. The molecule has 8 nitrogen and oxygen atoms in total. The van der Waals surface area contributed by atoms with Crippen LogP contribution in [0.3, 0.4) is 0 Å². The van der Waals surface area contributed by atoms with Crippen molar-refractivity contribution >= 4 is 46.2 Å². The summed E-state index contributed by atoms with van der Waals surface area (Å²) in [4.78, 5) is 23.7. The molecule has 0 saturated carbocycles. The molecule has 28 heavy (non-hydrogen) atoms. The van der Waals surface area contributed by atoms with Gasteiger partial charge in [0.1, 0.15) is 5.25 Å². The van der Waals surface area contributed by atoms with Gasteiger partial charge in [-0.3, -0.25) is 14.9 Å². The number of nitrogens with zero attached hydrogens (tertiary/aromatic N) is 2. The summed E-state index contributed by atoms with van der Waals surface area (Å²) in [7, 11) is 3.11. The fourth-order valence-electron chi connectivity index (χ4n) is 2.04. The zero-order chi connectivity index (χ0) is 20.5. The molecule has 0 aliphatic carbocycles. The average molecular weight is 424 g/mol. The van der Waals surface area contributed by atoms with Gasteiger partial charge in [0, 0.05) is 6.08 Å². The Morgan fingerprint density at radius 3 is 2.68 bits per heavy atom. The third-order valence-electron chi connectivity index (χ3n) is 3.37. The second-order valence-corrected chi connectivity index (χ2v) is 7.89. The van der Waals surface area contributed by atoms with E-state index in [4.69, 9.17) is 14.2 Å². The van der Waals surface area contributed by atoms with E-state index < -0.39 is 5.25 Å². The molecule has 1 unspecified atom stereocenters. The Labute approximate surface area is 171 Å². The summed E-state index contributed by atoms with van der Waals surface area (Å²) in [5.74, 6) is 0.527. The lowest BCUT2D eigenvalue weighted by molar-refractivity contribution is -0.142. The van der Waals surface area contributed by atoms with Crippen molar-refractivity contribution in [2.45, 2.75) is 23.4 Å². The molecule has 0 radical (unpaired) electrons. The predicted molar refractivity (Wildman–Crippen MR) is 109 cm³/mol. The van der Waals surface area contributed by atoms with Gasteiger partial charge >= 0.3 is 5.97 Å². The van der Waals surface area contributed by atoms with Gasteiger partial charge in [-0.1, -0.05) is 29.2 Å². The Morgan fingerprint density at radius 1 is 1.25 bits per heavy atom. The van der Waals surface area contributed by atoms with Crippen LogP contribution in [0.15, 0.2) is 28.6 Å².